The summed E-state index contributed by atoms with van der Waals surface area (Å²) >= 11 is 0. The number of hydrogen-bond donors (Lipinski definition) is 1. The SMILES string of the molecule is COc1ccc([C@H](CC(C)C)NC(=O)[C@@H](C)Oc2ccccc2OC)cc1. The number of benzene rings is 2. The van der Waals surface area contributed by atoms with Gasteiger partial charge in [0.05, 0.1) is 20.3 Å². The fourth-order valence-electron chi connectivity index (χ4n) is 2.84. The van der Waals surface area contributed by atoms with Crippen LogP contribution in [0.4, 0.5) is 0 Å². The Morgan fingerprint density at radius 1 is 0.926 bits per heavy atom. The number of carbonyl (C=O) groups excluding carboxylic acids is 1. The van der Waals surface area contributed by atoms with Crippen LogP contribution in [-0.4, -0.2) is 26.2 Å². The molecule has 2 aromatic rings. The molecule has 0 aromatic heterocycles. The third-order valence-electron chi connectivity index (χ3n) is 4.28. The van der Waals surface area contributed by atoms with E-state index in [1.54, 1.807) is 33.3 Å². The van der Waals surface area contributed by atoms with Crippen LogP contribution in [0.25, 0.3) is 0 Å². The molecule has 1 amide bonds. The first-order valence-electron chi connectivity index (χ1n) is 9.18. The van der Waals surface area contributed by atoms with Crippen molar-refractivity contribution in [1.29, 1.82) is 0 Å². The molecule has 5 heteroatoms. The Balaban J connectivity index is 2.09. The Labute approximate surface area is 161 Å². The van der Waals surface area contributed by atoms with Gasteiger partial charge in [0.1, 0.15) is 5.75 Å². The number of methoxy groups -OCH3 is 2. The molecular formula is C22H29NO4. The highest BCUT2D eigenvalue weighted by molar-refractivity contribution is 5.81. The van der Waals surface area contributed by atoms with Crippen LogP contribution in [0.1, 0.15) is 38.8 Å². The van der Waals surface area contributed by atoms with E-state index in [0.717, 1.165) is 17.7 Å². The molecule has 0 aliphatic carbocycles. The third-order valence-corrected chi connectivity index (χ3v) is 4.28. The average Bonchev–Trinajstić information content (AvgIpc) is 2.67. The van der Waals surface area contributed by atoms with Gasteiger partial charge in [-0.3, -0.25) is 4.79 Å². The molecule has 0 saturated heterocycles. The van der Waals surface area contributed by atoms with Crippen molar-refractivity contribution in [2.45, 2.75) is 39.3 Å². The lowest BCUT2D eigenvalue weighted by Crippen LogP contribution is -2.39. The van der Waals surface area contributed by atoms with Crippen molar-refractivity contribution in [3.8, 4) is 17.2 Å². The second-order valence-corrected chi connectivity index (χ2v) is 6.87. The van der Waals surface area contributed by atoms with E-state index in [1.807, 2.05) is 36.4 Å². The van der Waals surface area contributed by atoms with Crippen molar-refractivity contribution >= 4 is 5.91 Å². The molecule has 0 aliphatic rings. The third kappa shape index (κ3) is 5.91. The predicted octanol–water partition coefficient (Wildman–Crippen LogP) is 4.37. The zero-order valence-corrected chi connectivity index (χ0v) is 16.7. The van der Waals surface area contributed by atoms with Gasteiger partial charge in [-0.25, -0.2) is 0 Å². The number of nitrogens with one attached hydrogen (secondary N) is 1. The van der Waals surface area contributed by atoms with E-state index < -0.39 is 6.10 Å². The fraction of sp³-hybridized carbons (Fsp3) is 0.409. The van der Waals surface area contributed by atoms with Crippen LogP contribution in [0.3, 0.4) is 0 Å². The summed E-state index contributed by atoms with van der Waals surface area (Å²) in [5.74, 6) is 2.21. The molecule has 0 heterocycles. The molecule has 0 radical (unpaired) electrons. The number of hydrogen-bond acceptors (Lipinski definition) is 4. The second-order valence-electron chi connectivity index (χ2n) is 6.87. The Kier molecular flexibility index (Phi) is 7.53. The van der Waals surface area contributed by atoms with Crippen molar-refractivity contribution in [2.75, 3.05) is 14.2 Å². The van der Waals surface area contributed by atoms with Crippen LogP contribution in [0.2, 0.25) is 0 Å². The first-order valence-corrected chi connectivity index (χ1v) is 9.18. The van der Waals surface area contributed by atoms with Crippen molar-refractivity contribution < 1.29 is 19.0 Å². The minimum absolute atomic E-state index is 0.0906. The highest BCUT2D eigenvalue weighted by atomic mass is 16.5. The van der Waals surface area contributed by atoms with Gasteiger partial charge in [0.15, 0.2) is 17.6 Å². The standard InChI is InChI=1S/C22H29NO4/c1-15(2)14-19(17-10-12-18(25-4)13-11-17)23-22(24)16(3)27-21-9-7-6-8-20(21)26-5/h6-13,15-16,19H,14H2,1-5H3,(H,23,24)/t16-,19+/m1/s1. The number of amides is 1. The van der Waals surface area contributed by atoms with Gasteiger partial charge in [0, 0.05) is 0 Å². The molecule has 1 N–H and O–H groups in total. The van der Waals surface area contributed by atoms with Gasteiger partial charge in [-0.2, -0.15) is 0 Å². The number of ether oxygens (including phenoxy) is 3. The Hall–Kier alpha value is -2.69. The van der Waals surface area contributed by atoms with Crippen LogP contribution in [0.5, 0.6) is 17.2 Å². The predicted molar refractivity (Wildman–Crippen MR) is 106 cm³/mol. The van der Waals surface area contributed by atoms with Crippen LogP contribution >= 0.6 is 0 Å². The Morgan fingerprint density at radius 2 is 1.56 bits per heavy atom. The molecule has 0 saturated carbocycles. The molecule has 0 fully saturated rings. The lowest BCUT2D eigenvalue weighted by molar-refractivity contribution is -0.128. The van der Waals surface area contributed by atoms with Crippen molar-refractivity contribution in [2.24, 2.45) is 5.92 Å². The largest absolute Gasteiger partial charge is 0.497 e. The number of para-hydroxylation sites is 2. The van der Waals surface area contributed by atoms with Gasteiger partial charge in [0.2, 0.25) is 0 Å². The summed E-state index contributed by atoms with van der Waals surface area (Å²) in [6.07, 6.45) is 0.189. The Morgan fingerprint density at radius 3 is 2.11 bits per heavy atom. The molecule has 0 spiro atoms. The molecule has 2 rings (SSSR count). The number of carbonyl (C=O) groups is 1. The van der Waals surface area contributed by atoms with Crippen molar-refractivity contribution in [3.63, 3.8) is 0 Å². The molecular weight excluding hydrogens is 342 g/mol. The Bertz CT molecular complexity index is 727. The van der Waals surface area contributed by atoms with E-state index in [-0.39, 0.29) is 11.9 Å². The molecule has 5 nitrogen and oxygen atoms in total. The molecule has 0 unspecified atom stereocenters. The van der Waals surface area contributed by atoms with E-state index in [1.165, 1.54) is 0 Å². The zero-order valence-electron chi connectivity index (χ0n) is 16.7. The van der Waals surface area contributed by atoms with Crippen LogP contribution in [-0.2, 0) is 4.79 Å². The maximum atomic E-state index is 12.7. The van der Waals surface area contributed by atoms with Gasteiger partial charge in [0.25, 0.3) is 5.91 Å². The monoisotopic (exact) mass is 371 g/mol. The van der Waals surface area contributed by atoms with Gasteiger partial charge in [-0.15, -0.1) is 0 Å². The molecule has 27 heavy (non-hydrogen) atoms. The maximum absolute atomic E-state index is 12.7. The average molecular weight is 371 g/mol. The van der Waals surface area contributed by atoms with Gasteiger partial charge in [-0.05, 0) is 49.1 Å². The lowest BCUT2D eigenvalue weighted by Gasteiger charge is -2.24. The minimum atomic E-state index is -0.644. The summed E-state index contributed by atoms with van der Waals surface area (Å²) < 4.78 is 16.3. The first-order chi connectivity index (χ1) is 12.9. The fourth-order valence-corrected chi connectivity index (χ4v) is 2.84. The smallest absolute Gasteiger partial charge is 0.261 e. The van der Waals surface area contributed by atoms with E-state index in [9.17, 15) is 4.79 Å². The highest BCUT2D eigenvalue weighted by Crippen LogP contribution is 2.27. The number of rotatable bonds is 9. The molecule has 2 atom stereocenters. The summed E-state index contributed by atoms with van der Waals surface area (Å²) in [4.78, 5) is 12.7. The lowest BCUT2D eigenvalue weighted by atomic mass is 9.96. The van der Waals surface area contributed by atoms with Crippen LogP contribution < -0.4 is 19.5 Å². The van der Waals surface area contributed by atoms with Gasteiger partial charge in [-0.1, -0.05) is 38.1 Å². The van der Waals surface area contributed by atoms with Crippen LogP contribution in [0.15, 0.2) is 48.5 Å². The highest BCUT2D eigenvalue weighted by Gasteiger charge is 2.22. The molecule has 0 aliphatic heterocycles. The molecule has 146 valence electrons. The summed E-state index contributed by atoms with van der Waals surface area (Å²) in [7, 11) is 3.22. The first kappa shape index (κ1) is 20.6. The van der Waals surface area contributed by atoms with E-state index in [0.29, 0.717) is 17.4 Å². The quantitative estimate of drug-likeness (QED) is 0.711. The van der Waals surface area contributed by atoms with E-state index in [4.69, 9.17) is 14.2 Å². The normalized spacial score (nSPS) is 13.0. The molecule has 0 bridgehead atoms. The molecule has 2 aromatic carbocycles. The van der Waals surface area contributed by atoms with E-state index >= 15 is 0 Å². The van der Waals surface area contributed by atoms with Crippen LogP contribution in [0, 0.1) is 5.92 Å². The van der Waals surface area contributed by atoms with Crippen molar-refractivity contribution in [3.05, 3.63) is 54.1 Å². The second kappa shape index (κ2) is 9.86. The topological polar surface area (TPSA) is 56.8 Å². The summed E-state index contributed by atoms with van der Waals surface area (Å²) in [6.45, 7) is 6.01. The summed E-state index contributed by atoms with van der Waals surface area (Å²) in [5.41, 5.74) is 1.04. The minimum Gasteiger partial charge on any atom is -0.497 e. The maximum Gasteiger partial charge on any atom is 0.261 e. The van der Waals surface area contributed by atoms with Crippen molar-refractivity contribution in [1.82, 2.24) is 5.32 Å². The summed E-state index contributed by atoms with van der Waals surface area (Å²) in [5, 5.41) is 3.11. The summed E-state index contributed by atoms with van der Waals surface area (Å²) in [6, 6.07) is 15.0. The zero-order chi connectivity index (χ0) is 19.8. The van der Waals surface area contributed by atoms with Gasteiger partial charge >= 0.3 is 0 Å². The van der Waals surface area contributed by atoms with E-state index in [2.05, 4.69) is 19.2 Å². The van der Waals surface area contributed by atoms with Gasteiger partial charge < -0.3 is 19.5 Å².